The van der Waals surface area contributed by atoms with E-state index in [4.69, 9.17) is 5.90 Å². The van der Waals surface area contributed by atoms with Crippen molar-refractivity contribution in [3.05, 3.63) is 15.0 Å². The lowest BCUT2D eigenvalue weighted by atomic mass is 10.1. The molecule has 1 aromatic rings. The first kappa shape index (κ1) is 8.62. The fraction of sp³-hybridized carbons (Fsp3) is 0.571. The summed E-state index contributed by atoms with van der Waals surface area (Å²) >= 11 is 5.05. The average Bonchev–Trinajstić information content (AvgIpc) is 2.69. The number of hydrogen-bond acceptors (Lipinski definition) is 4. The Morgan fingerprint density at radius 3 is 2.92 bits per heavy atom. The van der Waals surface area contributed by atoms with Gasteiger partial charge in [0.2, 0.25) is 0 Å². The Balaban J connectivity index is 2.18. The number of halogens is 1. The molecular weight excluding hydrogens is 240 g/mol. The molecule has 0 unspecified atom stereocenters. The van der Waals surface area contributed by atoms with Crippen LogP contribution in [0.15, 0.2) is 9.98 Å². The molecule has 1 heterocycles. The Bertz CT molecular complexity index is 285. The van der Waals surface area contributed by atoms with E-state index in [-0.39, 0.29) is 5.41 Å². The Labute approximate surface area is 83.0 Å². The highest BCUT2D eigenvalue weighted by molar-refractivity contribution is 9.11. The van der Waals surface area contributed by atoms with Crippen LogP contribution in [0.25, 0.3) is 0 Å². The molecule has 0 aromatic carbocycles. The monoisotopic (exact) mass is 248 g/mol. The predicted molar refractivity (Wildman–Crippen MR) is 50.9 cm³/mol. The van der Waals surface area contributed by atoms with Crippen LogP contribution in [0.4, 0.5) is 0 Å². The molecule has 66 valence electrons. The molecule has 1 aliphatic carbocycles. The fourth-order valence-electron chi connectivity index (χ4n) is 1.23. The maximum atomic E-state index is 5.06. The van der Waals surface area contributed by atoms with E-state index in [0.717, 1.165) is 21.6 Å². The molecule has 0 atom stereocenters. The third kappa shape index (κ3) is 1.42. The first-order chi connectivity index (χ1) is 5.77. The molecule has 3 nitrogen and oxygen atoms in total. The number of rotatable bonds is 3. The highest BCUT2D eigenvalue weighted by Gasteiger charge is 2.47. The molecule has 1 saturated carbocycles. The zero-order valence-corrected chi connectivity index (χ0v) is 8.82. The minimum Gasteiger partial charge on any atom is -0.304 e. The molecule has 5 heteroatoms. The molecule has 1 fully saturated rings. The first-order valence-corrected chi connectivity index (χ1v) is 5.31. The van der Waals surface area contributed by atoms with E-state index < -0.39 is 0 Å². The molecule has 1 aromatic heterocycles. The lowest BCUT2D eigenvalue weighted by Gasteiger charge is -2.08. The number of aromatic nitrogens is 1. The van der Waals surface area contributed by atoms with Gasteiger partial charge in [-0.2, -0.15) is 0 Å². The summed E-state index contributed by atoms with van der Waals surface area (Å²) in [5, 5.41) is 1.14. The highest BCUT2D eigenvalue weighted by atomic mass is 79.9. The van der Waals surface area contributed by atoms with Crippen LogP contribution in [-0.2, 0) is 10.3 Å². The van der Waals surface area contributed by atoms with E-state index >= 15 is 0 Å². The van der Waals surface area contributed by atoms with Crippen molar-refractivity contribution in [3.63, 3.8) is 0 Å². The van der Waals surface area contributed by atoms with Gasteiger partial charge in [0.05, 0.1) is 16.6 Å². The summed E-state index contributed by atoms with van der Waals surface area (Å²) in [6.45, 7) is 0.590. The normalized spacial score (nSPS) is 19.5. The van der Waals surface area contributed by atoms with Crippen LogP contribution < -0.4 is 5.90 Å². The van der Waals surface area contributed by atoms with Gasteiger partial charge in [-0.25, -0.2) is 10.9 Å². The van der Waals surface area contributed by atoms with Gasteiger partial charge in [0.15, 0.2) is 0 Å². The second kappa shape index (κ2) is 3.06. The molecule has 0 amide bonds. The van der Waals surface area contributed by atoms with E-state index in [2.05, 4.69) is 25.8 Å². The Morgan fingerprint density at radius 2 is 2.50 bits per heavy atom. The zero-order valence-electron chi connectivity index (χ0n) is 6.42. The van der Waals surface area contributed by atoms with Crippen LogP contribution in [-0.4, -0.2) is 11.6 Å². The van der Waals surface area contributed by atoms with Gasteiger partial charge in [0, 0.05) is 5.41 Å². The third-order valence-electron chi connectivity index (χ3n) is 2.14. The molecule has 0 bridgehead atoms. The van der Waals surface area contributed by atoms with Crippen LogP contribution in [0.2, 0.25) is 0 Å². The van der Waals surface area contributed by atoms with E-state index in [1.165, 1.54) is 0 Å². The maximum Gasteiger partial charge on any atom is 0.102 e. The largest absolute Gasteiger partial charge is 0.304 e. The summed E-state index contributed by atoms with van der Waals surface area (Å²) in [6, 6.07) is 0. The van der Waals surface area contributed by atoms with Crippen molar-refractivity contribution < 1.29 is 4.84 Å². The molecule has 0 aliphatic heterocycles. The van der Waals surface area contributed by atoms with E-state index in [0.29, 0.717) is 6.61 Å². The van der Waals surface area contributed by atoms with Crippen molar-refractivity contribution in [1.29, 1.82) is 0 Å². The fourth-order valence-corrected chi connectivity index (χ4v) is 2.67. The van der Waals surface area contributed by atoms with Crippen molar-refractivity contribution in [2.24, 2.45) is 5.90 Å². The van der Waals surface area contributed by atoms with Crippen molar-refractivity contribution in [1.82, 2.24) is 4.98 Å². The summed E-state index contributed by atoms with van der Waals surface area (Å²) in [5.41, 5.74) is 0.144. The maximum absolute atomic E-state index is 5.06. The smallest absolute Gasteiger partial charge is 0.102 e. The number of nitrogens with two attached hydrogens (primary N) is 1. The number of thiazole rings is 1. The van der Waals surface area contributed by atoms with Crippen LogP contribution in [0.3, 0.4) is 0 Å². The van der Waals surface area contributed by atoms with Gasteiger partial charge in [-0.3, -0.25) is 0 Å². The predicted octanol–water partition coefficient (Wildman–Crippen LogP) is 1.83. The summed E-state index contributed by atoms with van der Waals surface area (Å²) < 4.78 is 1.07. The Morgan fingerprint density at radius 1 is 1.75 bits per heavy atom. The van der Waals surface area contributed by atoms with Gasteiger partial charge in [-0.1, -0.05) is 0 Å². The molecule has 0 saturated heterocycles. The highest BCUT2D eigenvalue weighted by Crippen LogP contribution is 2.49. The SMILES string of the molecule is NOCC1(c2ncc(Br)s2)CC1. The molecule has 2 rings (SSSR count). The van der Waals surface area contributed by atoms with Crippen molar-refractivity contribution >= 4 is 27.3 Å². The average molecular weight is 249 g/mol. The molecule has 0 radical (unpaired) electrons. The summed E-state index contributed by atoms with van der Waals surface area (Å²) in [7, 11) is 0. The van der Waals surface area contributed by atoms with Gasteiger partial charge < -0.3 is 4.84 Å². The second-order valence-electron chi connectivity index (χ2n) is 3.06. The van der Waals surface area contributed by atoms with E-state index in [1.807, 2.05) is 6.20 Å². The summed E-state index contributed by atoms with van der Waals surface area (Å²) in [5.74, 6) is 5.06. The minimum absolute atomic E-state index is 0.144. The Kier molecular flexibility index (Phi) is 2.20. The number of nitrogens with zero attached hydrogens (tertiary/aromatic N) is 1. The Hall–Kier alpha value is 0.0300. The van der Waals surface area contributed by atoms with Crippen LogP contribution >= 0.6 is 27.3 Å². The molecule has 0 spiro atoms. The van der Waals surface area contributed by atoms with E-state index in [1.54, 1.807) is 11.3 Å². The molecule has 2 N–H and O–H groups in total. The van der Waals surface area contributed by atoms with Gasteiger partial charge in [-0.15, -0.1) is 11.3 Å². The van der Waals surface area contributed by atoms with Crippen molar-refractivity contribution in [2.45, 2.75) is 18.3 Å². The van der Waals surface area contributed by atoms with Gasteiger partial charge >= 0.3 is 0 Å². The van der Waals surface area contributed by atoms with E-state index in [9.17, 15) is 0 Å². The lowest BCUT2D eigenvalue weighted by molar-refractivity contribution is 0.116. The summed E-state index contributed by atoms with van der Waals surface area (Å²) in [4.78, 5) is 8.99. The topological polar surface area (TPSA) is 48.1 Å². The van der Waals surface area contributed by atoms with Gasteiger partial charge in [0.25, 0.3) is 0 Å². The standard InChI is InChI=1S/C7H9BrN2OS/c8-5-3-10-6(12-5)7(1-2-7)4-11-9/h3H,1-2,4,9H2. The van der Waals surface area contributed by atoms with Crippen molar-refractivity contribution in [3.8, 4) is 0 Å². The summed E-state index contributed by atoms with van der Waals surface area (Å²) in [6.07, 6.45) is 4.12. The van der Waals surface area contributed by atoms with Crippen LogP contribution in [0.1, 0.15) is 17.8 Å². The minimum atomic E-state index is 0.144. The zero-order chi connectivity index (χ0) is 8.60. The van der Waals surface area contributed by atoms with Gasteiger partial charge in [-0.05, 0) is 28.8 Å². The van der Waals surface area contributed by atoms with Gasteiger partial charge in [0.1, 0.15) is 5.01 Å². The second-order valence-corrected chi connectivity index (χ2v) is 5.47. The first-order valence-electron chi connectivity index (χ1n) is 3.70. The van der Waals surface area contributed by atoms with Crippen molar-refractivity contribution in [2.75, 3.05) is 6.61 Å². The molecule has 12 heavy (non-hydrogen) atoms. The molecule has 1 aliphatic rings. The number of hydrogen-bond donors (Lipinski definition) is 1. The lowest BCUT2D eigenvalue weighted by Crippen LogP contribution is -2.17. The molecular formula is C7H9BrN2OS. The quantitative estimate of drug-likeness (QED) is 0.831. The van der Waals surface area contributed by atoms with Crippen LogP contribution in [0.5, 0.6) is 0 Å². The van der Waals surface area contributed by atoms with Crippen LogP contribution in [0, 0.1) is 0 Å². The third-order valence-corrected chi connectivity index (χ3v) is 3.87.